The molecule has 1 fully saturated rings. The fraction of sp³-hybridized carbons (Fsp3) is 0.261. The number of methoxy groups -OCH3 is 1. The van der Waals surface area contributed by atoms with Crippen LogP contribution in [0.3, 0.4) is 0 Å². The van der Waals surface area contributed by atoms with Gasteiger partial charge in [-0.15, -0.1) is 0 Å². The number of para-hydroxylation sites is 1. The first-order valence-electron chi connectivity index (χ1n) is 10.0. The molecule has 0 saturated carbocycles. The lowest BCUT2D eigenvalue weighted by atomic mass is 10.2. The summed E-state index contributed by atoms with van der Waals surface area (Å²) < 4.78 is 11.8. The number of nitrogens with zero attached hydrogens (tertiary/aromatic N) is 1. The maximum atomic E-state index is 12.7. The van der Waals surface area contributed by atoms with Gasteiger partial charge in [0, 0.05) is 4.47 Å². The summed E-state index contributed by atoms with van der Waals surface area (Å²) in [6.07, 6.45) is 3.57. The van der Waals surface area contributed by atoms with Crippen LogP contribution >= 0.6 is 27.7 Å². The second-order valence-electron chi connectivity index (χ2n) is 6.91. The highest BCUT2D eigenvalue weighted by atomic mass is 79.9. The van der Waals surface area contributed by atoms with Gasteiger partial charge in [-0.3, -0.25) is 19.3 Å². The molecule has 1 aliphatic heterocycles. The van der Waals surface area contributed by atoms with Crippen molar-refractivity contribution >= 4 is 56.5 Å². The summed E-state index contributed by atoms with van der Waals surface area (Å²) in [7, 11) is 1.55. The zero-order valence-electron chi connectivity index (χ0n) is 17.7. The molecule has 0 aromatic heterocycles. The monoisotopic (exact) mass is 518 g/mol. The van der Waals surface area contributed by atoms with Crippen LogP contribution in [-0.4, -0.2) is 42.2 Å². The Morgan fingerprint density at radius 1 is 1.19 bits per heavy atom. The zero-order chi connectivity index (χ0) is 23.1. The first-order valence-corrected chi connectivity index (χ1v) is 11.6. The van der Waals surface area contributed by atoms with Gasteiger partial charge in [0.25, 0.3) is 11.1 Å². The summed E-state index contributed by atoms with van der Waals surface area (Å²) in [5.41, 5.74) is 1.25. The van der Waals surface area contributed by atoms with Crippen molar-refractivity contribution in [3.8, 4) is 11.5 Å². The van der Waals surface area contributed by atoms with E-state index in [4.69, 9.17) is 9.47 Å². The lowest BCUT2D eigenvalue weighted by Gasteiger charge is -2.13. The largest absolute Gasteiger partial charge is 0.493 e. The third-order valence-electron chi connectivity index (χ3n) is 4.56. The molecule has 9 heteroatoms. The van der Waals surface area contributed by atoms with Crippen LogP contribution in [0.5, 0.6) is 11.5 Å². The fourth-order valence-corrected chi connectivity index (χ4v) is 4.13. The number of amides is 3. The third-order valence-corrected chi connectivity index (χ3v) is 6.16. The first-order chi connectivity index (χ1) is 15.4. The van der Waals surface area contributed by atoms with Gasteiger partial charge < -0.3 is 14.8 Å². The molecule has 0 radical (unpaired) electrons. The van der Waals surface area contributed by atoms with Gasteiger partial charge in [0.15, 0.2) is 11.5 Å². The van der Waals surface area contributed by atoms with Crippen molar-refractivity contribution in [2.24, 2.45) is 0 Å². The van der Waals surface area contributed by atoms with Crippen molar-refractivity contribution < 1.29 is 23.9 Å². The Kier molecular flexibility index (Phi) is 8.35. The smallest absolute Gasteiger partial charge is 0.294 e. The van der Waals surface area contributed by atoms with E-state index in [0.29, 0.717) is 33.8 Å². The van der Waals surface area contributed by atoms with Gasteiger partial charge in [-0.05, 0) is 70.0 Å². The van der Waals surface area contributed by atoms with Crippen LogP contribution in [0.1, 0.15) is 25.3 Å². The molecule has 3 amide bonds. The van der Waals surface area contributed by atoms with Gasteiger partial charge >= 0.3 is 0 Å². The van der Waals surface area contributed by atoms with Crippen molar-refractivity contribution in [2.75, 3.05) is 25.6 Å². The lowest BCUT2D eigenvalue weighted by Crippen LogP contribution is -2.36. The maximum Gasteiger partial charge on any atom is 0.294 e. The second kappa shape index (κ2) is 11.2. The molecule has 0 unspecified atom stereocenters. The molecule has 0 atom stereocenters. The van der Waals surface area contributed by atoms with Crippen LogP contribution in [0.2, 0.25) is 0 Å². The molecule has 2 aromatic carbocycles. The van der Waals surface area contributed by atoms with Crippen LogP contribution in [0.25, 0.3) is 6.08 Å². The normalized spacial score (nSPS) is 14.7. The molecule has 168 valence electrons. The van der Waals surface area contributed by atoms with Gasteiger partial charge in [0.2, 0.25) is 5.91 Å². The number of anilines is 1. The van der Waals surface area contributed by atoms with E-state index in [-0.39, 0.29) is 11.4 Å². The highest BCUT2D eigenvalue weighted by Gasteiger charge is 2.36. The quantitative estimate of drug-likeness (QED) is 0.357. The van der Waals surface area contributed by atoms with Crippen molar-refractivity contribution in [3.05, 3.63) is 57.4 Å². The maximum absolute atomic E-state index is 12.7. The number of nitrogens with one attached hydrogen (secondary N) is 1. The average Bonchev–Trinajstić information content (AvgIpc) is 3.03. The topological polar surface area (TPSA) is 84.9 Å². The molecule has 32 heavy (non-hydrogen) atoms. The lowest BCUT2D eigenvalue weighted by molar-refractivity contribution is -0.127. The van der Waals surface area contributed by atoms with Crippen molar-refractivity contribution in [1.29, 1.82) is 0 Å². The van der Waals surface area contributed by atoms with Crippen LogP contribution < -0.4 is 14.8 Å². The molecule has 1 N–H and O–H groups in total. The van der Waals surface area contributed by atoms with E-state index in [1.807, 2.05) is 6.07 Å². The molecule has 0 spiro atoms. The fourth-order valence-electron chi connectivity index (χ4n) is 2.90. The summed E-state index contributed by atoms with van der Waals surface area (Å²) in [6, 6.07) is 12.4. The minimum absolute atomic E-state index is 0.241. The number of rotatable bonds is 9. The number of benzene rings is 2. The second-order valence-corrected chi connectivity index (χ2v) is 8.76. The highest BCUT2D eigenvalue weighted by molar-refractivity contribution is 9.10. The van der Waals surface area contributed by atoms with Crippen molar-refractivity contribution in [2.45, 2.75) is 19.8 Å². The van der Waals surface area contributed by atoms with E-state index in [2.05, 4.69) is 28.2 Å². The molecule has 7 nitrogen and oxygen atoms in total. The summed E-state index contributed by atoms with van der Waals surface area (Å²) in [6.45, 7) is 2.31. The Morgan fingerprint density at radius 3 is 2.69 bits per heavy atom. The Morgan fingerprint density at radius 2 is 1.97 bits per heavy atom. The molecule has 0 aliphatic carbocycles. The van der Waals surface area contributed by atoms with E-state index >= 15 is 0 Å². The van der Waals surface area contributed by atoms with Crippen LogP contribution in [0, 0.1) is 0 Å². The van der Waals surface area contributed by atoms with Gasteiger partial charge in [-0.1, -0.05) is 31.5 Å². The molecule has 1 heterocycles. The summed E-state index contributed by atoms with van der Waals surface area (Å²) in [5.74, 6) is 0.192. The molecule has 1 saturated heterocycles. The Bertz CT molecular complexity index is 1060. The molecule has 0 bridgehead atoms. The van der Waals surface area contributed by atoms with Crippen LogP contribution in [-0.2, 0) is 9.59 Å². The highest BCUT2D eigenvalue weighted by Crippen LogP contribution is 2.34. The van der Waals surface area contributed by atoms with Crippen molar-refractivity contribution in [1.82, 2.24) is 4.90 Å². The number of ether oxygens (including phenoxy) is 2. The van der Waals surface area contributed by atoms with E-state index in [1.165, 1.54) is 0 Å². The number of unbranched alkanes of at least 4 members (excludes halogenated alkanes) is 1. The summed E-state index contributed by atoms with van der Waals surface area (Å²) in [5, 5.41) is 2.20. The number of hydrogen-bond acceptors (Lipinski definition) is 6. The number of carbonyl (C=O) groups is 3. The van der Waals surface area contributed by atoms with Crippen molar-refractivity contribution in [3.63, 3.8) is 0 Å². The van der Waals surface area contributed by atoms with E-state index < -0.39 is 17.1 Å². The number of thioether (sulfide) groups is 1. The van der Waals surface area contributed by atoms with E-state index in [9.17, 15) is 14.4 Å². The minimum atomic E-state index is -0.510. The zero-order valence-corrected chi connectivity index (χ0v) is 20.1. The Balaban J connectivity index is 1.69. The minimum Gasteiger partial charge on any atom is -0.493 e. The molecular formula is C23H23BrN2O5S. The van der Waals surface area contributed by atoms with Gasteiger partial charge in [-0.2, -0.15) is 0 Å². The third kappa shape index (κ3) is 5.92. The number of carbonyl (C=O) groups excluding carboxylic acids is 3. The molecular weight excluding hydrogens is 496 g/mol. The van der Waals surface area contributed by atoms with E-state index in [0.717, 1.165) is 29.5 Å². The van der Waals surface area contributed by atoms with Crippen LogP contribution in [0.4, 0.5) is 10.5 Å². The average molecular weight is 519 g/mol. The number of halogens is 1. The molecule has 1 aliphatic rings. The van der Waals surface area contributed by atoms with Crippen LogP contribution in [0.15, 0.2) is 51.8 Å². The van der Waals surface area contributed by atoms with Gasteiger partial charge in [0.1, 0.15) is 6.54 Å². The molecule has 3 rings (SSSR count). The Hall–Kier alpha value is -2.78. The summed E-state index contributed by atoms with van der Waals surface area (Å²) in [4.78, 5) is 38.6. The van der Waals surface area contributed by atoms with Gasteiger partial charge in [-0.25, -0.2) is 0 Å². The van der Waals surface area contributed by atoms with E-state index in [1.54, 1.807) is 49.6 Å². The van der Waals surface area contributed by atoms with Gasteiger partial charge in [0.05, 0.1) is 24.3 Å². The number of hydrogen-bond donors (Lipinski definition) is 1. The Labute approximate surface area is 199 Å². The SMILES string of the molecule is CCCCOc1ccc(/C=C2\SC(=O)N(CC(=O)Nc3ccccc3Br)C2=O)cc1OC. The predicted molar refractivity (Wildman–Crippen MR) is 129 cm³/mol. The standard InChI is InChI=1S/C23H23BrN2O5S/c1-3-4-11-31-18-10-9-15(12-19(18)30-2)13-20-22(28)26(23(29)32-20)14-21(27)25-17-8-6-5-7-16(17)24/h5-10,12-13H,3-4,11,14H2,1-2H3,(H,25,27)/b20-13-. The first kappa shape index (κ1) is 23.9. The summed E-state index contributed by atoms with van der Waals surface area (Å²) >= 11 is 4.15. The number of imide groups is 1. The molecule has 2 aromatic rings. The predicted octanol–water partition coefficient (Wildman–Crippen LogP) is 5.31.